The summed E-state index contributed by atoms with van der Waals surface area (Å²) in [4.78, 5) is 0. The van der Waals surface area contributed by atoms with Gasteiger partial charge in [-0.1, -0.05) is 27.2 Å². The van der Waals surface area contributed by atoms with Gasteiger partial charge in [-0.2, -0.15) is 0 Å². The second-order valence-corrected chi connectivity index (χ2v) is 7.99. The van der Waals surface area contributed by atoms with Crippen LogP contribution < -0.4 is 5.32 Å². The number of nitrogens with one attached hydrogen (secondary N) is 1. The number of rotatable bonds is 5. The lowest BCUT2D eigenvalue weighted by atomic mass is 9.72. The zero-order valence-corrected chi connectivity index (χ0v) is 13.2. The summed E-state index contributed by atoms with van der Waals surface area (Å²) in [5.74, 6) is 6.17. The molecule has 3 aliphatic rings. The summed E-state index contributed by atoms with van der Waals surface area (Å²) in [5, 5.41) is 3.97. The average Bonchev–Trinajstić information content (AvgIpc) is 2.83. The Kier molecular flexibility index (Phi) is 4.22. The Bertz CT molecular complexity index is 280. The standard InChI is InChI=1S/C18H33N/c1-4-8-19-18(17-15-6-5-7-16(15)17)14-10-12(2)9-13(3)11-14/h12-19H,4-11H2,1-3H3. The van der Waals surface area contributed by atoms with Crippen molar-refractivity contribution in [1.82, 2.24) is 5.32 Å². The van der Waals surface area contributed by atoms with Gasteiger partial charge in [-0.25, -0.2) is 0 Å². The monoisotopic (exact) mass is 263 g/mol. The average molecular weight is 263 g/mol. The van der Waals surface area contributed by atoms with E-state index in [0.717, 1.165) is 41.5 Å². The highest BCUT2D eigenvalue weighted by Gasteiger charge is 2.57. The molecule has 3 aliphatic carbocycles. The molecule has 0 spiro atoms. The van der Waals surface area contributed by atoms with Crippen LogP contribution in [-0.4, -0.2) is 12.6 Å². The van der Waals surface area contributed by atoms with E-state index >= 15 is 0 Å². The van der Waals surface area contributed by atoms with Gasteiger partial charge in [-0.3, -0.25) is 0 Å². The molecule has 0 aromatic heterocycles. The van der Waals surface area contributed by atoms with Crippen molar-refractivity contribution >= 4 is 0 Å². The highest BCUT2D eigenvalue weighted by molar-refractivity contribution is 5.08. The summed E-state index contributed by atoms with van der Waals surface area (Å²) >= 11 is 0. The molecular formula is C18H33N. The van der Waals surface area contributed by atoms with E-state index in [1.807, 2.05) is 0 Å². The van der Waals surface area contributed by atoms with Gasteiger partial charge in [0, 0.05) is 6.04 Å². The van der Waals surface area contributed by atoms with Crippen LogP contribution in [0.25, 0.3) is 0 Å². The van der Waals surface area contributed by atoms with E-state index in [4.69, 9.17) is 0 Å². The summed E-state index contributed by atoms with van der Waals surface area (Å²) in [6, 6.07) is 0.862. The van der Waals surface area contributed by atoms with Crippen LogP contribution in [0, 0.1) is 35.5 Å². The Labute approximate surface area is 119 Å². The third-order valence-corrected chi connectivity index (χ3v) is 6.24. The lowest BCUT2D eigenvalue weighted by molar-refractivity contribution is 0.157. The molecule has 0 heterocycles. The number of hydrogen-bond donors (Lipinski definition) is 1. The zero-order chi connectivity index (χ0) is 13.4. The van der Waals surface area contributed by atoms with Crippen LogP contribution in [0.1, 0.15) is 65.7 Å². The van der Waals surface area contributed by atoms with Crippen LogP contribution >= 0.6 is 0 Å². The molecule has 5 atom stereocenters. The van der Waals surface area contributed by atoms with Crippen molar-refractivity contribution in [3.8, 4) is 0 Å². The molecule has 3 saturated carbocycles. The number of hydrogen-bond acceptors (Lipinski definition) is 1. The highest BCUT2D eigenvalue weighted by atomic mass is 15.0. The SMILES string of the molecule is CCCNC(C1CC(C)CC(C)C1)C1C2CCCC21. The fraction of sp³-hybridized carbons (Fsp3) is 1.00. The molecule has 0 aromatic rings. The molecule has 0 bridgehead atoms. The number of fused-ring (bicyclic) bond motifs is 1. The third kappa shape index (κ3) is 2.86. The normalized spacial score (nSPS) is 46.9. The van der Waals surface area contributed by atoms with E-state index in [-0.39, 0.29) is 0 Å². The van der Waals surface area contributed by atoms with E-state index in [1.54, 1.807) is 0 Å². The van der Waals surface area contributed by atoms with Crippen LogP contribution in [0.2, 0.25) is 0 Å². The summed E-state index contributed by atoms with van der Waals surface area (Å²) in [7, 11) is 0. The van der Waals surface area contributed by atoms with Gasteiger partial charge in [0.1, 0.15) is 0 Å². The maximum atomic E-state index is 3.97. The third-order valence-electron chi connectivity index (χ3n) is 6.24. The van der Waals surface area contributed by atoms with E-state index in [0.29, 0.717) is 0 Å². The van der Waals surface area contributed by atoms with Gasteiger partial charge < -0.3 is 5.32 Å². The minimum Gasteiger partial charge on any atom is -0.313 e. The zero-order valence-electron chi connectivity index (χ0n) is 13.2. The Morgan fingerprint density at radius 2 is 1.63 bits per heavy atom. The molecule has 0 aromatic carbocycles. The van der Waals surface area contributed by atoms with E-state index in [9.17, 15) is 0 Å². The first-order valence-electron chi connectivity index (χ1n) is 8.94. The van der Waals surface area contributed by atoms with E-state index in [2.05, 4.69) is 26.1 Å². The van der Waals surface area contributed by atoms with Crippen LogP contribution in [0.4, 0.5) is 0 Å². The summed E-state index contributed by atoms with van der Waals surface area (Å²) < 4.78 is 0. The molecule has 0 aliphatic heterocycles. The molecular weight excluding hydrogens is 230 g/mol. The van der Waals surface area contributed by atoms with Gasteiger partial charge in [0.15, 0.2) is 0 Å². The maximum Gasteiger partial charge on any atom is 0.0129 e. The van der Waals surface area contributed by atoms with Crippen molar-refractivity contribution in [2.75, 3.05) is 6.54 Å². The van der Waals surface area contributed by atoms with Gasteiger partial charge in [0.05, 0.1) is 0 Å². The predicted molar refractivity (Wildman–Crippen MR) is 82.1 cm³/mol. The molecule has 110 valence electrons. The molecule has 0 saturated heterocycles. The minimum atomic E-state index is 0.862. The Balaban J connectivity index is 1.64. The topological polar surface area (TPSA) is 12.0 Å². The van der Waals surface area contributed by atoms with Gasteiger partial charge in [0.25, 0.3) is 0 Å². The second-order valence-electron chi connectivity index (χ2n) is 7.99. The van der Waals surface area contributed by atoms with Gasteiger partial charge >= 0.3 is 0 Å². The van der Waals surface area contributed by atoms with Crippen molar-refractivity contribution < 1.29 is 0 Å². The summed E-state index contributed by atoms with van der Waals surface area (Å²) in [6.07, 6.45) is 10.3. The van der Waals surface area contributed by atoms with Crippen molar-refractivity contribution in [3.63, 3.8) is 0 Å². The Morgan fingerprint density at radius 1 is 1.00 bits per heavy atom. The molecule has 3 fully saturated rings. The van der Waals surface area contributed by atoms with Crippen LogP contribution in [-0.2, 0) is 0 Å². The quantitative estimate of drug-likeness (QED) is 0.771. The molecule has 0 amide bonds. The minimum absolute atomic E-state index is 0.862. The van der Waals surface area contributed by atoms with E-state index < -0.39 is 0 Å². The second kappa shape index (κ2) is 5.76. The van der Waals surface area contributed by atoms with Gasteiger partial charge in [0.2, 0.25) is 0 Å². The first-order chi connectivity index (χ1) is 9.20. The predicted octanol–water partition coefficient (Wildman–Crippen LogP) is 4.47. The Hall–Kier alpha value is -0.0400. The van der Waals surface area contributed by atoms with Crippen LogP contribution in [0.15, 0.2) is 0 Å². The lowest BCUT2D eigenvalue weighted by Crippen LogP contribution is -2.42. The molecule has 5 unspecified atom stereocenters. The fourth-order valence-electron chi connectivity index (χ4n) is 5.64. The molecule has 3 rings (SSSR count). The van der Waals surface area contributed by atoms with Crippen molar-refractivity contribution in [2.24, 2.45) is 35.5 Å². The summed E-state index contributed by atoms with van der Waals surface area (Å²) in [5.41, 5.74) is 0. The molecule has 19 heavy (non-hydrogen) atoms. The molecule has 1 nitrogen and oxygen atoms in total. The summed E-state index contributed by atoms with van der Waals surface area (Å²) in [6.45, 7) is 8.50. The lowest BCUT2D eigenvalue weighted by Gasteiger charge is -2.38. The largest absolute Gasteiger partial charge is 0.313 e. The van der Waals surface area contributed by atoms with E-state index in [1.165, 1.54) is 51.5 Å². The molecule has 0 radical (unpaired) electrons. The smallest absolute Gasteiger partial charge is 0.0129 e. The molecule has 1 N–H and O–H groups in total. The van der Waals surface area contributed by atoms with Crippen molar-refractivity contribution in [3.05, 3.63) is 0 Å². The molecule has 1 heteroatoms. The van der Waals surface area contributed by atoms with Crippen LogP contribution in [0.5, 0.6) is 0 Å². The van der Waals surface area contributed by atoms with Crippen molar-refractivity contribution in [1.29, 1.82) is 0 Å². The maximum absolute atomic E-state index is 3.97. The Morgan fingerprint density at radius 3 is 2.21 bits per heavy atom. The van der Waals surface area contributed by atoms with Gasteiger partial charge in [-0.05, 0) is 80.6 Å². The first kappa shape index (κ1) is 13.9. The highest BCUT2D eigenvalue weighted by Crippen LogP contribution is 2.60. The van der Waals surface area contributed by atoms with Crippen LogP contribution in [0.3, 0.4) is 0 Å². The fourth-order valence-corrected chi connectivity index (χ4v) is 5.64. The first-order valence-corrected chi connectivity index (χ1v) is 8.94. The van der Waals surface area contributed by atoms with Crippen molar-refractivity contribution in [2.45, 2.75) is 71.8 Å². The van der Waals surface area contributed by atoms with Gasteiger partial charge in [-0.15, -0.1) is 0 Å².